The Balaban J connectivity index is 2.56. The lowest BCUT2D eigenvalue weighted by molar-refractivity contribution is 0.0876. The van der Waals surface area contributed by atoms with E-state index in [-0.39, 0.29) is 0 Å². The highest BCUT2D eigenvalue weighted by Gasteiger charge is 2.33. The Bertz CT molecular complexity index is 160. The first-order chi connectivity index (χ1) is 6.70. The van der Waals surface area contributed by atoms with Crippen LogP contribution in [0.3, 0.4) is 0 Å². The average Bonchev–Trinajstić information content (AvgIpc) is 2.60. The van der Waals surface area contributed by atoms with Crippen molar-refractivity contribution in [2.45, 2.75) is 52.7 Å². The van der Waals surface area contributed by atoms with Gasteiger partial charge in [-0.3, -0.25) is 0 Å². The molecule has 1 aliphatic heterocycles. The molecule has 1 aliphatic rings. The minimum absolute atomic E-state index is 0.438. The molecular formula is C12H25NO. The van der Waals surface area contributed by atoms with Gasteiger partial charge in [-0.2, -0.15) is 0 Å². The average molecular weight is 199 g/mol. The summed E-state index contributed by atoms with van der Waals surface area (Å²) in [5.74, 6) is 1.47. The smallest absolute Gasteiger partial charge is 0.0590 e. The normalized spacial score (nSPS) is 31.7. The van der Waals surface area contributed by atoms with Crippen LogP contribution in [-0.2, 0) is 4.74 Å². The third-order valence-electron chi connectivity index (χ3n) is 3.59. The molecule has 4 atom stereocenters. The van der Waals surface area contributed by atoms with E-state index in [4.69, 9.17) is 4.74 Å². The van der Waals surface area contributed by atoms with Crippen molar-refractivity contribution in [1.29, 1.82) is 0 Å². The highest BCUT2D eigenvalue weighted by atomic mass is 16.5. The van der Waals surface area contributed by atoms with Gasteiger partial charge in [0.1, 0.15) is 0 Å². The van der Waals surface area contributed by atoms with Crippen LogP contribution in [0.2, 0.25) is 0 Å². The molecule has 0 spiro atoms. The van der Waals surface area contributed by atoms with Crippen LogP contribution in [0.1, 0.15) is 40.5 Å². The van der Waals surface area contributed by atoms with Crippen molar-refractivity contribution in [3.05, 3.63) is 0 Å². The van der Waals surface area contributed by atoms with Crippen LogP contribution in [0, 0.1) is 11.8 Å². The van der Waals surface area contributed by atoms with Crippen molar-refractivity contribution in [2.24, 2.45) is 11.8 Å². The zero-order chi connectivity index (χ0) is 10.6. The highest BCUT2D eigenvalue weighted by Crippen LogP contribution is 2.28. The van der Waals surface area contributed by atoms with Gasteiger partial charge in [-0.15, -0.1) is 0 Å². The zero-order valence-electron chi connectivity index (χ0n) is 10.0. The molecule has 0 aliphatic carbocycles. The summed E-state index contributed by atoms with van der Waals surface area (Å²) in [6.45, 7) is 11.0. The highest BCUT2D eigenvalue weighted by molar-refractivity contribution is 4.86. The predicted octanol–water partition coefficient (Wildman–Crippen LogP) is 2.44. The van der Waals surface area contributed by atoms with Crippen molar-refractivity contribution in [1.82, 2.24) is 5.32 Å². The number of hydrogen-bond donors (Lipinski definition) is 1. The fourth-order valence-electron chi connectivity index (χ4n) is 2.48. The summed E-state index contributed by atoms with van der Waals surface area (Å²) < 4.78 is 5.65. The van der Waals surface area contributed by atoms with E-state index in [0.29, 0.717) is 18.1 Å². The second kappa shape index (κ2) is 5.72. The van der Waals surface area contributed by atoms with E-state index in [1.807, 2.05) is 0 Å². The molecule has 4 unspecified atom stereocenters. The molecule has 0 aromatic rings. The molecule has 1 heterocycles. The van der Waals surface area contributed by atoms with Gasteiger partial charge in [-0.05, 0) is 25.8 Å². The molecule has 14 heavy (non-hydrogen) atoms. The van der Waals surface area contributed by atoms with E-state index in [9.17, 15) is 0 Å². The number of nitrogens with one attached hydrogen (secondary N) is 1. The summed E-state index contributed by atoms with van der Waals surface area (Å²) in [7, 11) is 0. The van der Waals surface area contributed by atoms with Crippen LogP contribution >= 0.6 is 0 Å². The third-order valence-corrected chi connectivity index (χ3v) is 3.59. The fraction of sp³-hybridized carbons (Fsp3) is 1.00. The Hall–Kier alpha value is -0.0800. The van der Waals surface area contributed by atoms with Crippen LogP contribution < -0.4 is 5.32 Å². The first-order valence-corrected chi connectivity index (χ1v) is 6.05. The maximum absolute atomic E-state index is 5.65. The van der Waals surface area contributed by atoms with Gasteiger partial charge in [-0.25, -0.2) is 0 Å². The molecule has 1 saturated heterocycles. The van der Waals surface area contributed by atoms with Gasteiger partial charge in [0, 0.05) is 18.6 Å². The molecule has 0 bridgehead atoms. The first kappa shape index (κ1) is 12.0. The molecule has 1 N–H and O–H groups in total. The van der Waals surface area contributed by atoms with Crippen molar-refractivity contribution < 1.29 is 4.74 Å². The van der Waals surface area contributed by atoms with Crippen LogP contribution in [0.25, 0.3) is 0 Å². The van der Waals surface area contributed by atoms with Gasteiger partial charge in [0.2, 0.25) is 0 Å². The van der Waals surface area contributed by atoms with Crippen LogP contribution in [0.5, 0.6) is 0 Å². The van der Waals surface area contributed by atoms with Crippen LogP contribution in [0.4, 0.5) is 0 Å². The van der Waals surface area contributed by atoms with Crippen molar-refractivity contribution in [2.75, 3.05) is 13.2 Å². The fourth-order valence-corrected chi connectivity index (χ4v) is 2.48. The van der Waals surface area contributed by atoms with Gasteiger partial charge in [0.05, 0.1) is 6.10 Å². The summed E-state index contributed by atoms with van der Waals surface area (Å²) in [5.41, 5.74) is 0. The van der Waals surface area contributed by atoms with Crippen molar-refractivity contribution >= 4 is 0 Å². The number of ether oxygens (including phenoxy) is 1. The second-order valence-corrected chi connectivity index (χ2v) is 4.50. The van der Waals surface area contributed by atoms with E-state index < -0.39 is 0 Å². The molecule has 0 aromatic heterocycles. The minimum atomic E-state index is 0.438. The summed E-state index contributed by atoms with van der Waals surface area (Å²) in [6.07, 6.45) is 2.91. The third kappa shape index (κ3) is 2.71. The Morgan fingerprint density at radius 3 is 2.57 bits per heavy atom. The SMILES string of the molecule is CCNC(C(C)CC)C1CCOC1C. The van der Waals surface area contributed by atoms with Crippen LogP contribution in [0.15, 0.2) is 0 Å². The molecule has 2 heteroatoms. The van der Waals surface area contributed by atoms with Gasteiger partial charge < -0.3 is 10.1 Å². The van der Waals surface area contributed by atoms with E-state index in [0.717, 1.165) is 19.1 Å². The van der Waals surface area contributed by atoms with Crippen molar-refractivity contribution in [3.63, 3.8) is 0 Å². The molecule has 1 rings (SSSR count). The molecular weight excluding hydrogens is 174 g/mol. The minimum Gasteiger partial charge on any atom is -0.378 e. The topological polar surface area (TPSA) is 21.3 Å². The van der Waals surface area contributed by atoms with Gasteiger partial charge in [-0.1, -0.05) is 27.2 Å². The molecule has 0 aromatic carbocycles. The number of rotatable bonds is 5. The lowest BCUT2D eigenvalue weighted by Gasteiger charge is -2.31. The van der Waals surface area contributed by atoms with Crippen molar-refractivity contribution in [3.8, 4) is 0 Å². The van der Waals surface area contributed by atoms with Gasteiger partial charge in [0.25, 0.3) is 0 Å². The second-order valence-electron chi connectivity index (χ2n) is 4.50. The first-order valence-electron chi connectivity index (χ1n) is 6.05. The predicted molar refractivity (Wildman–Crippen MR) is 60.4 cm³/mol. The molecule has 2 nitrogen and oxygen atoms in total. The largest absolute Gasteiger partial charge is 0.378 e. The zero-order valence-corrected chi connectivity index (χ0v) is 10.0. The summed E-state index contributed by atoms with van der Waals surface area (Å²) in [4.78, 5) is 0. The lowest BCUT2D eigenvalue weighted by Crippen LogP contribution is -2.43. The van der Waals surface area contributed by atoms with E-state index in [2.05, 4.69) is 33.0 Å². The Morgan fingerprint density at radius 2 is 2.14 bits per heavy atom. The standard InChI is InChI=1S/C12H25NO/c1-5-9(3)12(13-6-2)11-7-8-14-10(11)4/h9-13H,5-8H2,1-4H3. The molecule has 0 radical (unpaired) electrons. The summed E-state index contributed by atoms with van der Waals surface area (Å²) in [5, 5.41) is 3.63. The van der Waals surface area contributed by atoms with Gasteiger partial charge in [0.15, 0.2) is 0 Å². The van der Waals surface area contributed by atoms with Gasteiger partial charge >= 0.3 is 0 Å². The Labute approximate surface area is 88.4 Å². The molecule has 0 amide bonds. The molecule has 0 saturated carbocycles. The Kier molecular flexibility index (Phi) is 4.90. The lowest BCUT2D eigenvalue weighted by atomic mass is 9.84. The summed E-state index contributed by atoms with van der Waals surface area (Å²) in [6, 6.07) is 0.641. The monoisotopic (exact) mass is 199 g/mol. The Morgan fingerprint density at radius 1 is 1.43 bits per heavy atom. The van der Waals surface area contributed by atoms with Crippen LogP contribution in [-0.4, -0.2) is 25.3 Å². The van der Waals surface area contributed by atoms with E-state index in [1.165, 1.54) is 12.8 Å². The molecule has 84 valence electrons. The van der Waals surface area contributed by atoms with E-state index in [1.54, 1.807) is 0 Å². The van der Waals surface area contributed by atoms with E-state index >= 15 is 0 Å². The quantitative estimate of drug-likeness (QED) is 0.734. The maximum atomic E-state index is 5.65. The number of hydrogen-bond acceptors (Lipinski definition) is 2. The maximum Gasteiger partial charge on any atom is 0.0590 e. The molecule has 1 fully saturated rings. The summed E-state index contributed by atoms with van der Waals surface area (Å²) >= 11 is 0.